The molecule has 0 aliphatic heterocycles. The van der Waals surface area contributed by atoms with Gasteiger partial charge in [-0.25, -0.2) is 0 Å². The lowest BCUT2D eigenvalue weighted by molar-refractivity contribution is -0.112. The summed E-state index contributed by atoms with van der Waals surface area (Å²) < 4.78 is 7.79. The number of aryl methyl sites for hydroxylation is 2. The van der Waals surface area contributed by atoms with Gasteiger partial charge in [-0.05, 0) is 67.4 Å². The van der Waals surface area contributed by atoms with Crippen LogP contribution in [-0.4, -0.2) is 5.91 Å². The fraction of sp³-hybridized carbons (Fsp3) is 0.120. The van der Waals surface area contributed by atoms with Gasteiger partial charge in [-0.15, -0.1) is 0 Å². The van der Waals surface area contributed by atoms with E-state index in [-0.39, 0.29) is 5.57 Å². The van der Waals surface area contributed by atoms with Crippen molar-refractivity contribution in [3.05, 3.63) is 97.4 Å². The summed E-state index contributed by atoms with van der Waals surface area (Å²) in [6.07, 6.45) is 1.54. The van der Waals surface area contributed by atoms with E-state index in [4.69, 9.17) is 4.74 Å². The number of halogens is 2. The third kappa shape index (κ3) is 6.30. The minimum atomic E-state index is -0.465. The summed E-state index contributed by atoms with van der Waals surface area (Å²) in [5.74, 6) is 0.117. The first-order chi connectivity index (χ1) is 14.9. The van der Waals surface area contributed by atoms with Crippen LogP contribution in [-0.2, 0) is 11.4 Å². The Morgan fingerprint density at radius 1 is 1.03 bits per heavy atom. The molecule has 0 aliphatic carbocycles. The number of anilines is 1. The van der Waals surface area contributed by atoms with E-state index >= 15 is 0 Å². The lowest BCUT2D eigenvalue weighted by Crippen LogP contribution is -2.14. The van der Waals surface area contributed by atoms with Crippen molar-refractivity contribution in [1.82, 2.24) is 0 Å². The molecule has 0 fully saturated rings. The molecule has 0 unspecified atom stereocenters. The summed E-state index contributed by atoms with van der Waals surface area (Å²) in [7, 11) is 0. The predicted octanol–water partition coefficient (Wildman–Crippen LogP) is 6.95. The lowest BCUT2D eigenvalue weighted by atomic mass is 10.1. The maximum atomic E-state index is 12.7. The van der Waals surface area contributed by atoms with Gasteiger partial charge in [-0.3, -0.25) is 4.79 Å². The van der Waals surface area contributed by atoms with Crippen LogP contribution in [0.4, 0.5) is 5.69 Å². The first kappa shape index (κ1) is 22.8. The minimum absolute atomic E-state index is 0.00781. The molecule has 0 aliphatic rings. The van der Waals surface area contributed by atoms with Crippen molar-refractivity contribution < 1.29 is 9.53 Å². The van der Waals surface area contributed by atoms with Crippen LogP contribution in [0.3, 0.4) is 0 Å². The topological polar surface area (TPSA) is 62.1 Å². The highest BCUT2D eigenvalue weighted by molar-refractivity contribution is 9.10. The van der Waals surface area contributed by atoms with Crippen molar-refractivity contribution in [3.63, 3.8) is 0 Å². The zero-order chi connectivity index (χ0) is 22.4. The normalized spacial score (nSPS) is 11.0. The lowest BCUT2D eigenvalue weighted by Gasteiger charge is -2.11. The van der Waals surface area contributed by atoms with Crippen molar-refractivity contribution in [3.8, 4) is 11.8 Å². The Morgan fingerprint density at radius 2 is 1.74 bits per heavy atom. The Labute approximate surface area is 198 Å². The van der Waals surface area contributed by atoms with E-state index in [9.17, 15) is 10.1 Å². The second-order valence-electron chi connectivity index (χ2n) is 7.04. The van der Waals surface area contributed by atoms with E-state index in [1.807, 2.05) is 80.6 Å². The highest BCUT2D eigenvalue weighted by Gasteiger charge is 2.13. The van der Waals surface area contributed by atoms with Crippen LogP contribution in [0.5, 0.6) is 5.75 Å². The number of nitrogens with zero attached hydrogens (tertiary/aromatic N) is 1. The molecule has 6 heteroatoms. The van der Waals surface area contributed by atoms with Crippen LogP contribution in [0, 0.1) is 25.2 Å². The Hall–Kier alpha value is -2.88. The van der Waals surface area contributed by atoms with Crippen molar-refractivity contribution in [2.45, 2.75) is 20.5 Å². The molecular formula is C25H20Br2N2O2. The van der Waals surface area contributed by atoms with E-state index in [1.54, 1.807) is 6.08 Å². The number of rotatable bonds is 6. The Balaban J connectivity index is 1.83. The largest absolute Gasteiger partial charge is 0.488 e. The molecular weight excluding hydrogens is 520 g/mol. The van der Waals surface area contributed by atoms with Crippen molar-refractivity contribution in [2.75, 3.05) is 5.32 Å². The maximum absolute atomic E-state index is 12.7. The molecule has 1 amide bonds. The molecule has 0 saturated heterocycles. The predicted molar refractivity (Wildman–Crippen MR) is 131 cm³/mol. The molecule has 3 rings (SSSR count). The maximum Gasteiger partial charge on any atom is 0.266 e. The van der Waals surface area contributed by atoms with Crippen LogP contribution in [0.25, 0.3) is 6.08 Å². The van der Waals surface area contributed by atoms with Crippen LogP contribution < -0.4 is 10.1 Å². The highest BCUT2D eigenvalue weighted by atomic mass is 79.9. The first-order valence-corrected chi connectivity index (χ1v) is 11.1. The first-order valence-electron chi connectivity index (χ1n) is 9.53. The van der Waals surface area contributed by atoms with Crippen LogP contribution in [0.2, 0.25) is 0 Å². The number of hydrogen-bond acceptors (Lipinski definition) is 3. The number of ether oxygens (including phenoxy) is 1. The number of hydrogen-bond donors (Lipinski definition) is 1. The van der Waals surface area contributed by atoms with Crippen molar-refractivity contribution >= 4 is 49.5 Å². The summed E-state index contributed by atoms with van der Waals surface area (Å²) in [6, 6.07) is 21.1. The monoisotopic (exact) mass is 538 g/mol. The van der Waals surface area contributed by atoms with Gasteiger partial charge in [0.25, 0.3) is 5.91 Å². The fourth-order valence-corrected chi connectivity index (χ4v) is 3.60. The van der Waals surface area contributed by atoms with E-state index in [0.29, 0.717) is 23.6 Å². The minimum Gasteiger partial charge on any atom is -0.488 e. The van der Waals surface area contributed by atoms with Crippen LogP contribution in [0.1, 0.15) is 22.3 Å². The van der Waals surface area contributed by atoms with Crippen molar-refractivity contribution in [1.29, 1.82) is 5.26 Å². The molecule has 3 aromatic carbocycles. The molecule has 31 heavy (non-hydrogen) atoms. The Kier molecular flexibility index (Phi) is 7.67. The Bertz CT molecular complexity index is 1180. The summed E-state index contributed by atoms with van der Waals surface area (Å²) >= 11 is 6.86. The highest BCUT2D eigenvalue weighted by Crippen LogP contribution is 2.27. The van der Waals surface area contributed by atoms with Crippen LogP contribution >= 0.6 is 31.9 Å². The van der Waals surface area contributed by atoms with E-state index < -0.39 is 5.91 Å². The molecule has 0 radical (unpaired) electrons. The molecule has 0 heterocycles. The SMILES string of the molecule is Cc1ccc(NC(=O)/C(C#N)=C/c2cc(Br)ccc2OCc2ccc(Br)cc2)c(C)c1. The van der Waals surface area contributed by atoms with Gasteiger partial charge in [0, 0.05) is 20.2 Å². The Morgan fingerprint density at radius 3 is 2.42 bits per heavy atom. The molecule has 0 saturated carbocycles. The molecule has 0 bridgehead atoms. The zero-order valence-electron chi connectivity index (χ0n) is 17.1. The second kappa shape index (κ2) is 10.4. The smallest absolute Gasteiger partial charge is 0.266 e. The molecule has 0 aromatic heterocycles. The number of nitriles is 1. The number of carbonyl (C=O) groups is 1. The van der Waals surface area contributed by atoms with Gasteiger partial charge in [-0.2, -0.15) is 5.26 Å². The third-order valence-electron chi connectivity index (χ3n) is 4.57. The van der Waals surface area contributed by atoms with Gasteiger partial charge in [0.1, 0.15) is 24.0 Å². The van der Waals surface area contributed by atoms with E-state index in [0.717, 1.165) is 25.6 Å². The molecule has 4 nitrogen and oxygen atoms in total. The molecule has 0 atom stereocenters. The average Bonchev–Trinajstić information content (AvgIpc) is 2.74. The molecule has 1 N–H and O–H groups in total. The van der Waals surface area contributed by atoms with Gasteiger partial charge in [0.2, 0.25) is 0 Å². The summed E-state index contributed by atoms with van der Waals surface area (Å²) in [5.41, 5.74) is 4.36. The molecule has 156 valence electrons. The van der Waals surface area contributed by atoms with Gasteiger partial charge in [0.05, 0.1) is 0 Å². The number of nitrogens with one attached hydrogen (secondary N) is 1. The van der Waals surface area contributed by atoms with E-state index in [1.165, 1.54) is 0 Å². The molecule has 3 aromatic rings. The fourth-order valence-electron chi connectivity index (χ4n) is 2.95. The van der Waals surface area contributed by atoms with Gasteiger partial charge in [-0.1, -0.05) is 61.7 Å². The zero-order valence-corrected chi connectivity index (χ0v) is 20.2. The number of carbonyl (C=O) groups excluding carboxylic acids is 1. The third-order valence-corrected chi connectivity index (χ3v) is 5.60. The van der Waals surface area contributed by atoms with Gasteiger partial charge >= 0.3 is 0 Å². The van der Waals surface area contributed by atoms with Gasteiger partial charge < -0.3 is 10.1 Å². The molecule has 0 spiro atoms. The number of benzene rings is 3. The van der Waals surface area contributed by atoms with Gasteiger partial charge in [0.15, 0.2) is 0 Å². The summed E-state index contributed by atoms with van der Waals surface area (Å²) in [4.78, 5) is 12.7. The van der Waals surface area contributed by atoms with Crippen molar-refractivity contribution in [2.24, 2.45) is 0 Å². The standard InChI is InChI=1S/C25H20Br2N2O2/c1-16-3-9-23(17(2)11-16)29-25(30)20(14-28)12-19-13-22(27)8-10-24(19)31-15-18-4-6-21(26)7-5-18/h3-13H,15H2,1-2H3,(H,29,30)/b20-12+. The number of amides is 1. The second-order valence-corrected chi connectivity index (χ2v) is 8.87. The summed E-state index contributed by atoms with van der Waals surface area (Å²) in [5, 5.41) is 12.4. The quantitative estimate of drug-likeness (QED) is 0.272. The van der Waals surface area contributed by atoms with E-state index in [2.05, 4.69) is 37.2 Å². The summed E-state index contributed by atoms with van der Waals surface area (Å²) in [6.45, 7) is 4.27. The average molecular weight is 540 g/mol. The van der Waals surface area contributed by atoms with Crippen LogP contribution in [0.15, 0.2) is 75.2 Å².